The number of amides is 2. The predicted octanol–water partition coefficient (Wildman–Crippen LogP) is 1.49. The second-order valence-electron chi connectivity index (χ2n) is 5.87. The topological polar surface area (TPSA) is 94.5 Å². The highest BCUT2D eigenvalue weighted by Gasteiger charge is 2.29. The number of nitrogens with one attached hydrogen (secondary N) is 2. The van der Waals surface area contributed by atoms with Gasteiger partial charge in [-0.15, -0.1) is 0 Å². The highest BCUT2D eigenvalue weighted by molar-refractivity contribution is 5.99. The Hall–Kier alpha value is -2.87. The molecule has 0 saturated carbocycles. The minimum atomic E-state index is -0.299. The van der Waals surface area contributed by atoms with Crippen LogP contribution >= 0.6 is 0 Å². The van der Waals surface area contributed by atoms with Gasteiger partial charge in [0.1, 0.15) is 12.4 Å². The van der Waals surface area contributed by atoms with Crippen molar-refractivity contribution in [1.29, 1.82) is 0 Å². The van der Waals surface area contributed by atoms with E-state index >= 15 is 0 Å². The number of hydrogen-bond acceptors (Lipinski definition) is 5. The SMILES string of the molecule is COCC(=O)Nc1cc2c(cc1OC)C(c1cnn(C)c1)CC(=O)N2. The van der Waals surface area contributed by atoms with E-state index in [0.29, 0.717) is 23.5 Å². The third-order valence-corrected chi connectivity index (χ3v) is 4.09. The lowest BCUT2D eigenvalue weighted by atomic mass is 9.86. The van der Waals surface area contributed by atoms with Gasteiger partial charge >= 0.3 is 0 Å². The Bertz CT molecular complexity index is 815. The first-order valence-electron chi connectivity index (χ1n) is 7.81. The van der Waals surface area contributed by atoms with E-state index in [2.05, 4.69) is 15.7 Å². The molecular weight excluding hydrogens is 324 g/mol. The molecule has 1 aliphatic rings. The molecule has 0 spiro atoms. The molecule has 2 heterocycles. The number of aryl methyl sites for hydroxylation is 1. The van der Waals surface area contributed by atoms with E-state index in [9.17, 15) is 9.59 Å². The quantitative estimate of drug-likeness (QED) is 0.857. The van der Waals surface area contributed by atoms with Crippen LogP contribution in [0.3, 0.4) is 0 Å². The molecule has 0 fully saturated rings. The summed E-state index contributed by atoms with van der Waals surface area (Å²) in [6.45, 7) is -0.0646. The van der Waals surface area contributed by atoms with E-state index in [4.69, 9.17) is 9.47 Å². The van der Waals surface area contributed by atoms with E-state index in [1.807, 2.05) is 19.3 Å². The first kappa shape index (κ1) is 17.0. The summed E-state index contributed by atoms with van der Waals surface area (Å²) in [5.41, 5.74) is 3.01. The molecular formula is C17H20N4O4. The van der Waals surface area contributed by atoms with Crippen molar-refractivity contribution in [2.45, 2.75) is 12.3 Å². The summed E-state index contributed by atoms with van der Waals surface area (Å²) in [6, 6.07) is 3.55. The number of hydrogen-bond donors (Lipinski definition) is 2. The van der Waals surface area contributed by atoms with Gasteiger partial charge in [-0.25, -0.2) is 0 Å². The number of methoxy groups -OCH3 is 2. The number of nitrogens with zero attached hydrogens (tertiary/aromatic N) is 2. The molecule has 8 nitrogen and oxygen atoms in total. The molecule has 1 unspecified atom stereocenters. The van der Waals surface area contributed by atoms with Gasteiger partial charge in [0.05, 0.1) is 19.0 Å². The molecule has 0 aliphatic carbocycles. The second kappa shape index (κ2) is 6.94. The van der Waals surface area contributed by atoms with Gasteiger partial charge in [-0.2, -0.15) is 5.10 Å². The monoisotopic (exact) mass is 344 g/mol. The molecule has 0 radical (unpaired) electrons. The number of anilines is 2. The Morgan fingerprint density at radius 2 is 2.24 bits per heavy atom. The van der Waals surface area contributed by atoms with Crippen molar-refractivity contribution >= 4 is 23.2 Å². The van der Waals surface area contributed by atoms with Crippen LogP contribution in [0.5, 0.6) is 5.75 Å². The zero-order chi connectivity index (χ0) is 18.0. The summed E-state index contributed by atoms with van der Waals surface area (Å²) < 4.78 is 11.9. The standard InChI is InChI=1S/C17H20N4O4/c1-21-8-10(7-18-21)11-5-16(22)19-13-6-14(20-17(23)9-24-2)15(25-3)4-12(11)13/h4,6-8,11H,5,9H2,1-3H3,(H,19,22)(H,20,23). The third-order valence-electron chi connectivity index (χ3n) is 4.09. The average Bonchev–Trinajstić information content (AvgIpc) is 3.00. The summed E-state index contributed by atoms with van der Waals surface area (Å²) in [7, 11) is 4.82. The van der Waals surface area contributed by atoms with Crippen LogP contribution in [0.2, 0.25) is 0 Å². The Morgan fingerprint density at radius 3 is 2.88 bits per heavy atom. The summed E-state index contributed by atoms with van der Waals surface area (Å²) in [4.78, 5) is 23.9. The maximum atomic E-state index is 12.1. The minimum Gasteiger partial charge on any atom is -0.495 e. The Kier molecular flexibility index (Phi) is 4.71. The first-order chi connectivity index (χ1) is 12.0. The van der Waals surface area contributed by atoms with Crippen LogP contribution in [0.15, 0.2) is 24.5 Å². The molecule has 8 heteroatoms. The maximum Gasteiger partial charge on any atom is 0.250 e. The number of rotatable bonds is 5. The lowest BCUT2D eigenvalue weighted by molar-refractivity contribution is -0.119. The predicted molar refractivity (Wildman–Crippen MR) is 91.8 cm³/mol. The van der Waals surface area contributed by atoms with E-state index in [1.54, 1.807) is 16.9 Å². The van der Waals surface area contributed by atoms with Crippen molar-refractivity contribution in [2.24, 2.45) is 7.05 Å². The summed E-state index contributed by atoms with van der Waals surface area (Å²) >= 11 is 0. The first-order valence-corrected chi connectivity index (χ1v) is 7.81. The van der Waals surface area contributed by atoms with Crippen molar-refractivity contribution in [3.05, 3.63) is 35.7 Å². The van der Waals surface area contributed by atoms with Crippen LogP contribution in [0, 0.1) is 0 Å². The van der Waals surface area contributed by atoms with Crippen LogP contribution < -0.4 is 15.4 Å². The van der Waals surface area contributed by atoms with Crippen LogP contribution in [-0.2, 0) is 21.4 Å². The third kappa shape index (κ3) is 3.48. The number of fused-ring (bicyclic) bond motifs is 1. The molecule has 0 bridgehead atoms. The number of carbonyl (C=O) groups is 2. The fraction of sp³-hybridized carbons (Fsp3) is 0.353. The number of ether oxygens (including phenoxy) is 2. The van der Waals surface area contributed by atoms with Crippen molar-refractivity contribution < 1.29 is 19.1 Å². The Balaban J connectivity index is 2.01. The lowest BCUT2D eigenvalue weighted by Gasteiger charge is -2.26. The molecule has 1 atom stereocenters. The largest absolute Gasteiger partial charge is 0.495 e. The maximum absolute atomic E-state index is 12.1. The van der Waals surface area contributed by atoms with Crippen molar-refractivity contribution in [3.8, 4) is 5.75 Å². The minimum absolute atomic E-state index is 0.0646. The molecule has 2 aromatic rings. The normalized spacial score (nSPS) is 16.1. The van der Waals surface area contributed by atoms with Gasteiger partial charge < -0.3 is 20.1 Å². The molecule has 3 rings (SSSR count). The highest BCUT2D eigenvalue weighted by atomic mass is 16.5. The average molecular weight is 344 g/mol. The van der Waals surface area contributed by atoms with Crippen LogP contribution in [0.1, 0.15) is 23.5 Å². The van der Waals surface area contributed by atoms with Gasteiger partial charge in [0.2, 0.25) is 11.8 Å². The van der Waals surface area contributed by atoms with Crippen LogP contribution in [0.25, 0.3) is 0 Å². The van der Waals surface area contributed by atoms with E-state index in [-0.39, 0.29) is 24.3 Å². The van der Waals surface area contributed by atoms with Gasteiger partial charge in [-0.3, -0.25) is 14.3 Å². The Morgan fingerprint density at radius 1 is 1.44 bits per heavy atom. The molecule has 0 saturated heterocycles. The number of benzene rings is 1. The summed E-state index contributed by atoms with van der Waals surface area (Å²) in [5, 5.41) is 9.78. The highest BCUT2D eigenvalue weighted by Crippen LogP contribution is 2.42. The van der Waals surface area contributed by atoms with E-state index in [0.717, 1.165) is 11.1 Å². The molecule has 132 valence electrons. The molecule has 2 amide bonds. The zero-order valence-electron chi connectivity index (χ0n) is 14.3. The van der Waals surface area contributed by atoms with Gasteiger partial charge in [-0.1, -0.05) is 0 Å². The zero-order valence-corrected chi connectivity index (χ0v) is 14.3. The molecule has 1 aromatic heterocycles. The van der Waals surface area contributed by atoms with Crippen LogP contribution in [-0.4, -0.2) is 42.4 Å². The van der Waals surface area contributed by atoms with Crippen LogP contribution in [0.4, 0.5) is 11.4 Å². The smallest absolute Gasteiger partial charge is 0.250 e. The number of carbonyl (C=O) groups excluding carboxylic acids is 2. The van der Waals surface area contributed by atoms with Crippen molar-refractivity contribution in [3.63, 3.8) is 0 Å². The molecule has 25 heavy (non-hydrogen) atoms. The van der Waals surface area contributed by atoms with Gasteiger partial charge in [-0.05, 0) is 23.3 Å². The fourth-order valence-corrected chi connectivity index (χ4v) is 2.99. The number of aromatic nitrogens is 2. The molecule has 2 N–H and O–H groups in total. The lowest BCUT2D eigenvalue weighted by Crippen LogP contribution is -2.24. The molecule has 1 aromatic carbocycles. The second-order valence-corrected chi connectivity index (χ2v) is 5.87. The fourth-order valence-electron chi connectivity index (χ4n) is 2.99. The van der Waals surface area contributed by atoms with Gasteiger partial charge in [0.15, 0.2) is 0 Å². The Labute approximate surface area is 145 Å². The van der Waals surface area contributed by atoms with Crippen molar-refractivity contribution in [2.75, 3.05) is 31.5 Å². The van der Waals surface area contributed by atoms with Crippen molar-refractivity contribution in [1.82, 2.24) is 9.78 Å². The summed E-state index contributed by atoms with van der Waals surface area (Å²) in [6.07, 6.45) is 3.98. The summed E-state index contributed by atoms with van der Waals surface area (Å²) in [5.74, 6) is 0.0238. The van der Waals surface area contributed by atoms with Gasteiger partial charge in [0.25, 0.3) is 0 Å². The van der Waals surface area contributed by atoms with Gasteiger partial charge in [0, 0.05) is 38.4 Å². The van der Waals surface area contributed by atoms with E-state index in [1.165, 1.54) is 14.2 Å². The van der Waals surface area contributed by atoms with E-state index < -0.39 is 0 Å². The molecule has 1 aliphatic heterocycles.